The molecule has 0 fully saturated rings. The molecule has 1 aromatic heterocycles. The molecule has 3 aromatic rings. The average Bonchev–Trinajstić information content (AvgIpc) is 3.19. The van der Waals surface area contributed by atoms with Crippen LogP contribution in [-0.4, -0.2) is 37.3 Å². The van der Waals surface area contributed by atoms with Crippen LogP contribution in [0.5, 0.6) is 17.2 Å². The lowest BCUT2D eigenvalue weighted by molar-refractivity contribution is -0.137. The first-order chi connectivity index (χ1) is 15.9. The summed E-state index contributed by atoms with van der Waals surface area (Å²) in [5, 5.41) is 0. The van der Waals surface area contributed by atoms with Crippen LogP contribution < -0.4 is 14.2 Å². The molecule has 0 spiro atoms. The molecule has 0 saturated heterocycles. The molecule has 5 nitrogen and oxygen atoms in total. The van der Waals surface area contributed by atoms with Crippen molar-refractivity contribution in [2.45, 2.75) is 31.7 Å². The topological polar surface area (TPSA) is 35.9 Å². The molecule has 2 heterocycles. The first-order valence-electron chi connectivity index (χ1n) is 10.7. The monoisotopic (exact) mass is 460 g/mol. The Balaban J connectivity index is 1.82. The lowest BCUT2D eigenvalue weighted by Gasteiger charge is -2.32. The highest BCUT2D eigenvalue weighted by Crippen LogP contribution is 2.46. The maximum Gasteiger partial charge on any atom is 0.416 e. The van der Waals surface area contributed by atoms with Crippen LogP contribution >= 0.6 is 0 Å². The Morgan fingerprint density at radius 2 is 1.70 bits per heavy atom. The van der Waals surface area contributed by atoms with Gasteiger partial charge in [0.1, 0.15) is 0 Å². The van der Waals surface area contributed by atoms with Gasteiger partial charge in [-0.05, 0) is 42.3 Å². The molecule has 0 unspecified atom stereocenters. The third-order valence-corrected chi connectivity index (χ3v) is 6.02. The number of methoxy groups -OCH3 is 3. The number of ether oxygens (including phenoxy) is 3. The van der Waals surface area contributed by atoms with Gasteiger partial charge in [-0.2, -0.15) is 13.2 Å². The number of benzene rings is 2. The number of hydrogen-bond donors (Lipinski definition) is 0. The van der Waals surface area contributed by atoms with Crippen LogP contribution in [0.1, 0.15) is 34.8 Å². The van der Waals surface area contributed by atoms with Gasteiger partial charge in [0.05, 0.1) is 32.9 Å². The Hall–Kier alpha value is -3.13. The number of fused-ring (bicyclic) bond motifs is 1. The number of nitrogens with zero attached hydrogens (tertiary/aromatic N) is 2. The predicted octanol–water partition coefficient (Wildman–Crippen LogP) is 5.53. The largest absolute Gasteiger partial charge is 0.493 e. The van der Waals surface area contributed by atoms with Crippen molar-refractivity contribution in [3.63, 3.8) is 0 Å². The fourth-order valence-corrected chi connectivity index (χ4v) is 4.59. The molecule has 8 heteroatoms. The molecule has 176 valence electrons. The summed E-state index contributed by atoms with van der Waals surface area (Å²) in [4.78, 5) is 2.19. The summed E-state index contributed by atoms with van der Waals surface area (Å²) < 4.78 is 58.9. The molecule has 33 heavy (non-hydrogen) atoms. The molecule has 0 amide bonds. The molecule has 1 atom stereocenters. The summed E-state index contributed by atoms with van der Waals surface area (Å²) in [6.45, 7) is 1.89. The van der Waals surface area contributed by atoms with Gasteiger partial charge < -0.3 is 18.8 Å². The Morgan fingerprint density at radius 1 is 0.909 bits per heavy atom. The van der Waals surface area contributed by atoms with Gasteiger partial charge in [0, 0.05) is 37.1 Å². The van der Waals surface area contributed by atoms with Crippen LogP contribution in [0, 0.1) is 0 Å². The summed E-state index contributed by atoms with van der Waals surface area (Å²) in [6.07, 6.45) is -1.48. The maximum atomic E-state index is 13.3. The van der Waals surface area contributed by atoms with Gasteiger partial charge in [0.2, 0.25) is 5.75 Å². The zero-order chi connectivity index (χ0) is 23.6. The first kappa shape index (κ1) is 23.0. The molecular formula is C25H27F3N2O3. The van der Waals surface area contributed by atoms with Gasteiger partial charge in [-0.15, -0.1) is 0 Å². The summed E-state index contributed by atoms with van der Waals surface area (Å²) in [6, 6.07) is 13.1. The zero-order valence-corrected chi connectivity index (χ0v) is 18.9. The van der Waals surface area contributed by atoms with E-state index < -0.39 is 11.7 Å². The minimum absolute atomic E-state index is 0.244. The fourth-order valence-electron chi connectivity index (χ4n) is 4.59. The summed E-state index contributed by atoms with van der Waals surface area (Å²) in [7, 11) is 4.70. The van der Waals surface area contributed by atoms with Gasteiger partial charge in [-0.1, -0.05) is 18.2 Å². The van der Waals surface area contributed by atoms with Crippen LogP contribution in [0.15, 0.2) is 54.7 Å². The first-order valence-corrected chi connectivity index (χ1v) is 10.7. The summed E-state index contributed by atoms with van der Waals surface area (Å²) >= 11 is 0. The lowest BCUT2D eigenvalue weighted by atomic mass is 9.98. The minimum Gasteiger partial charge on any atom is -0.493 e. The molecule has 2 aromatic carbocycles. The molecular weight excluding hydrogens is 433 g/mol. The fraction of sp³-hybridized carbons (Fsp3) is 0.360. The van der Waals surface area contributed by atoms with Gasteiger partial charge in [-0.25, -0.2) is 0 Å². The van der Waals surface area contributed by atoms with E-state index in [2.05, 4.69) is 9.47 Å². The van der Waals surface area contributed by atoms with Gasteiger partial charge >= 0.3 is 6.18 Å². The van der Waals surface area contributed by atoms with Crippen molar-refractivity contribution < 1.29 is 27.4 Å². The number of aryl methyl sites for hydroxylation is 1. The Morgan fingerprint density at radius 3 is 2.39 bits per heavy atom. The predicted molar refractivity (Wildman–Crippen MR) is 119 cm³/mol. The lowest BCUT2D eigenvalue weighted by Crippen LogP contribution is -2.30. The van der Waals surface area contributed by atoms with E-state index >= 15 is 0 Å². The molecule has 0 aliphatic carbocycles. The van der Waals surface area contributed by atoms with Crippen molar-refractivity contribution >= 4 is 0 Å². The van der Waals surface area contributed by atoms with E-state index in [0.717, 1.165) is 30.3 Å². The second-order valence-corrected chi connectivity index (χ2v) is 7.97. The zero-order valence-electron chi connectivity index (χ0n) is 18.9. The van der Waals surface area contributed by atoms with E-state index in [1.165, 1.54) is 12.1 Å². The number of rotatable bonds is 6. The van der Waals surface area contributed by atoms with Crippen molar-refractivity contribution in [3.05, 3.63) is 77.1 Å². The summed E-state index contributed by atoms with van der Waals surface area (Å²) in [5.74, 6) is 1.58. The van der Waals surface area contributed by atoms with E-state index in [-0.39, 0.29) is 6.04 Å². The molecule has 0 N–H and O–H groups in total. The smallest absolute Gasteiger partial charge is 0.416 e. The minimum atomic E-state index is -4.38. The van der Waals surface area contributed by atoms with Crippen molar-refractivity contribution in [2.75, 3.05) is 27.9 Å². The number of halogens is 3. The standard InChI is InChI=1S/C25H27F3N2O3/c1-31-21-11-10-19(23(32-2)24(21)33-3)22-20-9-5-12-29(20)13-6-14-30(22)16-17-7-4-8-18(15-17)25(26,27)28/h4-5,7-12,15,22H,6,13-14,16H2,1-3H3/t22-/m1/s1. The van der Waals surface area contributed by atoms with Crippen LogP contribution in [0.2, 0.25) is 0 Å². The van der Waals surface area contributed by atoms with E-state index in [4.69, 9.17) is 14.2 Å². The SMILES string of the molecule is COc1ccc([C@@H]2c3cccn3CCCN2Cc2cccc(C(F)(F)F)c2)c(OC)c1OC. The third kappa shape index (κ3) is 4.53. The molecule has 0 radical (unpaired) electrons. The molecule has 1 aliphatic rings. The quantitative estimate of drug-likeness (QED) is 0.485. The number of hydrogen-bond acceptors (Lipinski definition) is 4. The van der Waals surface area contributed by atoms with E-state index in [9.17, 15) is 13.2 Å². The molecule has 0 bridgehead atoms. The third-order valence-electron chi connectivity index (χ3n) is 6.02. The van der Waals surface area contributed by atoms with Gasteiger partial charge in [0.15, 0.2) is 11.5 Å². The van der Waals surface area contributed by atoms with E-state index in [1.54, 1.807) is 27.4 Å². The van der Waals surface area contributed by atoms with Crippen LogP contribution in [-0.2, 0) is 19.3 Å². The van der Waals surface area contributed by atoms with Crippen LogP contribution in [0.25, 0.3) is 0 Å². The number of aromatic nitrogens is 1. The summed E-state index contributed by atoms with van der Waals surface area (Å²) in [5.41, 5.74) is 1.88. The number of alkyl halides is 3. The normalized spacial score (nSPS) is 16.7. The molecule has 4 rings (SSSR count). The highest BCUT2D eigenvalue weighted by atomic mass is 19.4. The van der Waals surface area contributed by atoms with E-state index in [0.29, 0.717) is 35.9 Å². The van der Waals surface area contributed by atoms with Crippen LogP contribution in [0.3, 0.4) is 0 Å². The Kier molecular flexibility index (Phi) is 6.56. The highest BCUT2D eigenvalue weighted by molar-refractivity contribution is 5.58. The highest BCUT2D eigenvalue weighted by Gasteiger charge is 2.33. The Bertz CT molecular complexity index is 1110. The molecule has 0 saturated carbocycles. The van der Waals surface area contributed by atoms with Crippen LogP contribution in [0.4, 0.5) is 13.2 Å². The Labute approximate surface area is 191 Å². The molecule has 1 aliphatic heterocycles. The van der Waals surface area contributed by atoms with Gasteiger partial charge in [-0.3, -0.25) is 4.90 Å². The second-order valence-electron chi connectivity index (χ2n) is 7.97. The van der Waals surface area contributed by atoms with Crippen molar-refractivity contribution in [1.29, 1.82) is 0 Å². The van der Waals surface area contributed by atoms with Crippen molar-refractivity contribution in [1.82, 2.24) is 9.47 Å². The average molecular weight is 460 g/mol. The second kappa shape index (κ2) is 9.39. The van der Waals surface area contributed by atoms with Crippen molar-refractivity contribution in [3.8, 4) is 17.2 Å². The maximum absolute atomic E-state index is 13.3. The van der Waals surface area contributed by atoms with Gasteiger partial charge in [0.25, 0.3) is 0 Å². The van der Waals surface area contributed by atoms with E-state index in [1.807, 2.05) is 30.5 Å². The van der Waals surface area contributed by atoms with Crippen molar-refractivity contribution in [2.24, 2.45) is 0 Å².